The highest BCUT2D eigenvalue weighted by Crippen LogP contribution is 2.19. The molecule has 0 unspecified atom stereocenters. The van der Waals surface area contributed by atoms with Gasteiger partial charge < -0.3 is 10.4 Å². The van der Waals surface area contributed by atoms with Gasteiger partial charge in [-0.2, -0.15) is 0 Å². The molecule has 0 saturated heterocycles. The van der Waals surface area contributed by atoms with Gasteiger partial charge in [-0.25, -0.2) is 0 Å². The van der Waals surface area contributed by atoms with Crippen molar-refractivity contribution >= 4 is 11.7 Å². The third kappa shape index (κ3) is 4.17. The van der Waals surface area contributed by atoms with Gasteiger partial charge in [0.1, 0.15) is 6.10 Å². The van der Waals surface area contributed by atoms with E-state index in [-0.39, 0.29) is 11.7 Å². The number of carbonyl (C=O) groups excluding carboxylic acids is 2. The van der Waals surface area contributed by atoms with Crippen molar-refractivity contribution in [3.8, 4) is 0 Å². The zero-order valence-corrected chi connectivity index (χ0v) is 12.5. The maximum absolute atomic E-state index is 12.1. The van der Waals surface area contributed by atoms with Gasteiger partial charge in [-0.1, -0.05) is 45.9 Å². The Hall–Kier alpha value is -1.68. The van der Waals surface area contributed by atoms with Gasteiger partial charge in [0.15, 0.2) is 5.78 Å². The molecule has 2 atom stereocenters. The van der Waals surface area contributed by atoms with E-state index in [1.54, 1.807) is 45.0 Å². The molecule has 1 rings (SSSR count). The van der Waals surface area contributed by atoms with Gasteiger partial charge in [0.25, 0.3) is 5.91 Å². The maximum atomic E-state index is 12.1. The Morgan fingerprint density at radius 3 is 2.20 bits per heavy atom. The second kappa shape index (κ2) is 6.66. The molecule has 110 valence electrons. The minimum atomic E-state index is -1.19. The Morgan fingerprint density at radius 1 is 1.20 bits per heavy atom. The molecule has 0 fully saturated rings. The van der Waals surface area contributed by atoms with Crippen LogP contribution in [0.1, 0.15) is 44.5 Å². The van der Waals surface area contributed by atoms with Crippen LogP contribution >= 0.6 is 0 Å². The highest BCUT2D eigenvalue weighted by atomic mass is 16.3. The predicted octanol–water partition coefficient (Wildman–Crippen LogP) is 2.17. The van der Waals surface area contributed by atoms with Crippen LogP contribution < -0.4 is 5.32 Å². The third-order valence-electron chi connectivity index (χ3n) is 3.18. The molecular formula is C16H23NO3. The number of rotatable bonds is 5. The molecule has 0 aliphatic heterocycles. The number of hydrogen-bond acceptors (Lipinski definition) is 3. The number of hydrogen-bond donors (Lipinski definition) is 2. The monoisotopic (exact) mass is 277 g/mol. The molecule has 1 aromatic carbocycles. The summed E-state index contributed by atoms with van der Waals surface area (Å²) >= 11 is 0. The number of ketones is 1. The lowest BCUT2D eigenvalue weighted by molar-refractivity contribution is -0.136. The summed E-state index contributed by atoms with van der Waals surface area (Å²) < 4.78 is 0. The molecule has 0 spiro atoms. The number of Topliss-reactive ketones (excluding diaryl/α,β-unsaturated/α-hetero) is 1. The Morgan fingerprint density at radius 2 is 1.75 bits per heavy atom. The molecule has 2 N–H and O–H groups in total. The highest BCUT2D eigenvalue weighted by Gasteiger charge is 2.33. The van der Waals surface area contributed by atoms with Gasteiger partial charge in [0.2, 0.25) is 0 Å². The summed E-state index contributed by atoms with van der Waals surface area (Å²) in [6, 6.07) is 8.18. The van der Waals surface area contributed by atoms with Crippen LogP contribution in [0.4, 0.5) is 0 Å². The molecule has 4 nitrogen and oxygen atoms in total. The Bertz CT molecular complexity index is 462. The van der Waals surface area contributed by atoms with Crippen molar-refractivity contribution in [3.63, 3.8) is 0 Å². The molecule has 0 aromatic heterocycles. The molecule has 0 radical (unpaired) electrons. The van der Waals surface area contributed by atoms with Crippen LogP contribution in [0.2, 0.25) is 0 Å². The Kier molecular flexibility index (Phi) is 5.45. The third-order valence-corrected chi connectivity index (χ3v) is 3.18. The van der Waals surface area contributed by atoms with E-state index in [1.807, 2.05) is 13.0 Å². The van der Waals surface area contributed by atoms with E-state index < -0.39 is 17.6 Å². The summed E-state index contributed by atoms with van der Waals surface area (Å²) in [7, 11) is 0. The van der Waals surface area contributed by atoms with E-state index in [0.29, 0.717) is 12.0 Å². The summed E-state index contributed by atoms with van der Waals surface area (Å²) in [5.41, 5.74) is -0.119. The topological polar surface area (TPSA) is 66.4 Å². The number of amides is 1. The summed E-state index contributed by atoms with van der Waals surface area (Å²) in [4.78, 5) is 24.1. The average Bonchev–Trinajstić information content (AvgIpc) is 2.42. The quantitative estimate of drug-likeness (QED) is 0.867. The standard InChI is InChI=1S/C16H23NO3/c1-5-12(13(18)14(19)16(2,3)4)17-15(20)11-9-7-6-8-10-11/h6-10,12-13,18H,5H2,1-4H3,(H,17,20)/t12-,13-/m1/s1. The van der Waals surface area contributed by atoms with Crippen molar-refractivity contribution in [1.82, 2.24) is 5.32 Å². The molecule has 0 bridgehead atoms. The zero-order chi connectivity index (χ0) is 15.3. The Labute approximate surface area is 120 Å². The summed E-state index contributed by atoms with van der Waals surface area (Å²) in [5, 5.41) is 12.9. The molecule has 4 heteroatoms. The van der Waals surface area contributed by atoms with Gasteiger partial charge in [0.05, 0.1) is 6.04 Å². The Balaban J connectivity index is 2.77. The van der Waals surface area contributed by atoms with Gasteiger partial charge in [-0.15, -0.1) is 0 Å². The van der Waals surface area contributed by atoms with Gasteiger partial charge in [-0.05, 0) is 18.6 Å². The van der Waals surface area contributed by atoms with Gasteiger partial charge in [0, 0.05) is 11.0 Å². The fourth-order valence-electron chi connectivity index (χ4n) is 1.87. The van der Waals surface area contributed by atoms with Crippen LogP contribution in [-0.2, 0) is 4.79 Å². The van der Waals surface area contributed by atoms with E-state index in [9.17, 15) is 14.7 Å². The lowest BCUT2D eigenvalue weighted by atomic mass is 9.84. The normalized spacial score (nSPS) is 14.4. The smallest absolute Gasteiger partial charge is 0.251 e. The first-order valence-corrected chi connectivity index (χ1v) is 6.85. The van der Waals surface area contributed by atoms with Crippen molar-refractivity contribution in [3.05, 3.63) is 35.9 Å². The van der Waals surface area contributed by atoms with E-state index in [0.717, 1.165) is 0 Å². The van der Waals surface area contributed by atoms with Crippen molar-refractivity contribution in [2.45, 2.75) is 46.3 Å². The fourth-order valence-corrected chi connectivity index (χ4v) is 1.87. The van der Waals surface area contributed by atoms with E-state index >= 15 is 0 Å². The predicted molar refractivity (Wildman–Crippen MR) is 78.5 cm³/mol. The summed E-state index contributed by atoms with van der Waals surface area (Å²) in [6.07, 6.45) is -0.700. The molecule has 1 amide bonds. The molecule has 1 aromatic rings. The molecule has 0 aliphatic rings. The first kappa shape index (κ1) is 16.4. The number of carbonyl (C=O) groups is 2. The molecule has 0 saturated carbocycles. The van der Waals surface area contributed by atoms with Crippen LogP contribution in [0, 0.1) is 5.41 Å². The largest absolute Gasteiger partial charge is 0.383 e. The number of aliphatic hydroxyl groups is 1. The van der Waals surface area contributed by atoms with Crippen LogP contribution in [0.3, 0.4) is 0 Å². The molecule has 20 heavy (non-hydrogen) atoms. The molecule has 0 aliphatic carbocycles. The number of aliphatic hydroxyl groups excluding tert-OH is 1. The van der Waals surface area contributed by atoms with Crippen molar-refractivity contribution in [1.29, 1.82) is 0 Å². The van der Waals surface area contributed by atoms with Crippen molar-refractivity contribution < 1.29 is 14.7 Å². The second-order valence-electron chi connectivity index (χ2n) is 5.91. The molecular weight excluding hydrogens is 254 g/mol. The second-order valence-corrected chi connectivity index (χ2v) is 5.91. The lowest BCUT2D eigenvalue weighted by Crippen LogP contribution is -2.49. The van der Waals surface area contributed by atoms with Crippen LogP contribution in [-0.4, -0.2) is 28.9 Å². The summed E-state index contributed by atoms with van der Waals surface area (Å²) in [6.45, 7) is 7.09. The highest BCUT2D eigenvalue weighted by molar-refractivity contribution is 5.95. The SMILES string of the molecule is CC[C@@H](NC(=O)c1ccccc1)[C@@H](O)C(=O)C(C)(C)C. The number of benzene rings is 1. The maximum Gasteiger partial charge on any atom is 0.251 e. The number of nitrogens with one attached hydrogen (secondary N) is 1. The van der Waals surface area contributed by atoms with E-state index in [1.165, 1.54) is 0 Å². The zero-order valence-electron chi connectivity index (χ0n) is 12.5. The first-order valence-electron chi connectivity index (χ1n) is 6.85. The van der Waals surface area contributed by atoms with Crippen molar-refractivity contribution in [2.75, 3.05) is 0 Å². The van der Waals surface area contributed by atoms with Crippen molar-refractivity contribution in [2.24, 2.45) is 5.41 Å². The fraction of sp³-hybridized carbons (Fsp3) is 0.500. The van der Waals surface area contributed by atoms with Crippen LogP contribution in [0.25, 0.3) is 0 Å². The minimum Gasteiger partial charge on any atom is -0.383 e. The van der Waals surface area contributed by atoms with Gasteiger partial charge >= 0.3 is 0 Å². The average molecular weight is 277 g/mol. The summed E-state index contributed by atoms with van der Waals surface area (Å²) in [5.74, 6) is -0.545. The first-order chi connectivity index (χ1) is 9.27. The molecule has 0 heterocycles. The van der Waals surface area contributed by atoms with Gasteiger partial charge in [-0.3, -0.25) is 9.59 Å². The van der Waals surface area contributed by atoms with E-state index in [4.69, 9.17) is 0 Å². The van der Waals surface area contributed by atoms with Crippen LogP contribution in [0.15, 0.2) is 30.3 Å². The van der Waals surface area contributed by atoms with Crippen LogP contribution in [0.5, 0.6) is 0 Å². The minimum absolute atomic E-state index is 0.266. The lowest BCUT2D eigenvalue weighted by Gasteiger charge is -2.27. The van der Waals surface area contributed by atoms with E-state index in [2.05, 4.69) is 5.32 Å².